The molecule has 2 aromatic rings. The zero-order valence-electron chi connectivity index (χ0n) is 18.6. The van der Waals surface area contributed by atoms with Gasteiger partial charge in [-0.05, 0) is 61.8 Å². The molecule has 2 amide bonds. The highest BCUT2D eigenvalue weighted by molar-refractivity contribution is 7.94. The molecular formula is C20H27F2N5O4S2. The summed E-state index contributed by atoms with van der Waals surface area (Å²) >= 11 is 0.913. The van der Waals surface area contributed by atoms with Crippen molar-refractivity contribution >= 4 is 33.0 Å². The summed E-state index contributed by atoms with van der Waals surface area (Å²) in [6.07, 6.45) is 2.93. The molecule has 1 atom stereocenters. The summed E-state index contributed by atoms with van der Waals surface area (Å²) in [6.45, 7) is 3.77. The number of urea groups is 1. The molecule has 0 saturated heterocycles. The molecule has 1 aromatic heterocycles. The number of thiazole rings is 1. The van der Waals surface area contributed by atoms with Crippen molar-refractivity contribution in [1.82, 2.24) is 9.82 Å². The maximum absolute atomic E-state index is 13.2. The van der Waals surface area contributed by atoms with Crippen LogP contribution in [0.5, 0.6) is 5.75 Å². The smallest absolute Gasteiger partial charge is 0.387 e. The SMILES string of the molecule is CC(C)c1cc(OC(F)F)cc(C2CC2)c1NC(=O)N=S(=O)(NN)c1cnc(C(C)(C)O)s1. The van der Waals surface area contributed by atoms with Crippen LogP contribution in [-0.4, -0.2) is 26.9 Å². The number of hydrogen-bond acceptors (Lipinski definition) is 7. The van der Waals surface area contributed by atoms with E-state index in [4.69, 9.17) is 5.84 Å². The number of hydrazine groups is 1. The fraction of sp³-hybridized carbons (Fsp3) is 0.500. The predicted octanol–water partition coefficient (Wildman–Crippen LogP) is 4.41. The van der Waals surface area contributed by atoms with Crippen LogP contribution in [0.3, 0.4) is 0 Å². The third-order valence-corrected chi connectivity index (χ3v) is 8.35. The molecule has 1 fully saturated rings. The number of carbonyl (C=O) groups is 1. The maximum Gasteiger partial charge on any atom is 0.387 e. The average Bonchev–Trinajstić information content (AvgIpc) is 3.41. The molecule has 1 aliphatic rings. The van der Waals surface area contributed by atoms with Gasteiger partial charge >= 0.3 is 12.6 Å². The molecule has 0 radical (unpaired) electrons. The minimum atomic E-state index is -3.58. The Labute approximate surface area is 195 Å². The molecule has 1 aromatic carbocycles. The molecule has 1 saturated carbocycles. The lowest BCUT2D eigenvalue weighted by Crippen LogP contribution is -2.31. The fourth-order valence-electron chi connectivity index (χ4n) is 3.19. The topological polar surface area (TPSA) is 139 Å². The van der Waals surface area contributed by atoms with Crippen LogP contribution in [0.4, 0.5) is 19.3 Å². The minimum absolute atomic E-state index is 0.0155. The fourth-order valence-corrected chi connectivity index (χ4v) is 5.52. The van der Waals surface area contributed by atoms with Gasteiger partial charge < -0.3 is 15.2 Å². The van der Waals surface area contributed by atoms with Crippen LogP contribution >= 0.6 is 11.3 Å². The number of benzene rings is 1. The number of carbonyl (C=O) groups excluding carboxylic acids is 1. The van der Waals surface area contributed by atoms with Crippen molar-refractivity contribution in [1.29, 1.82) is 0 Å². The van der Waals surface area contributed by atoms with Crippen molar-refractivity contribution in [3.05, 3.63) is 34.5 Å². The van der Waals surface area contributed by atoms with E-state index in [2.05, 4.69) is 24.2 Å². The Morgan fingerprint density at radius 1 is 1.39 bits per heavy atom. The number of halogens is 2. The third-order valence-electron chi connectivity index (χ3n) is 4.92. The van der Waals surface area contributed by atoms with Crippen LogP contribution in [0.25, 0.3) is 0 Å². The number of nitrogens with zero attached hydrogens (tertiary/aromatic N) is 2. The quantitative estimate of drug-likeness (QED) is 0.311. The first-order chi connectivity index (χ1) is 15.3. The van der Waals surface area contributed by atoms with E-state index >= 15 is 0 Å². The van der Waals surface area contributed by atoms with E-state index in [0.717, 1.165) is 24.2 Å². The number of nitrogens with two attached hydrogens (primary N) is 1. The Kier molecular flexibility index (Phi) is 7.39. The molecule has 0 aliphatic heterocycles. The molecule has 1 heterocycles. The largest absolute Gasteiger partial charge is 0.435 e. The zero-order valence-corrected chi connectivity index (χ0v) is 20.2. The third kappa shape index (κ3) is 6.03. The molecule has 0 spiro atoms. The van der Waals surface area contributed by atoms with Crippen LogP contribution in [0.15, 0.2) is 26.9 Å². The summed E-state index contributed by atoms with van der Waals surface area (Å²) in [5, 5.41) is 13.1. The van der Waals surface area contributed by atoms with Crippen molar-refractivity contribution in [3.8, 4) is 5.75 Å². The number of aromatic nitrogens is 1. The lowest BCUT2D eigenvalue weighted by Gasteiger charge is -2.19. The van der Waals surface area contributed by atoms with E-state index in [1.807, 2.05) is 13.8 Å². The van der Waals surface area contributed by atoms with Gasteiger partial charge in [0.25, 0.3) is 0 Å². The van der Waals surface area contributed by atoms with Gasteiger partial charge in [0.1, 0.15) is 20.6 Å². The molecule has 0 bridgehead atoms. The molecule has 3 rings (SSSR count). The Balaban J connectivity index is 1.99. The van der Waals surface area contributed by atoms with Gasteiger partial charge in [0.05, 0.1) is 6.20 Å². The van der Waals surface area contributed by atoms with E-state index in [1.165, 1.54) is 32.2 Å². The lowest BCUT2D eigenvalue weighted by atomic mass is 9.95. The monoisotopic (exact) mass is 503 g/mol. The number of amides is 2. The van der Waals surface area contributed by atoms with E-state index in [9.17, 15) is 22.9 Å². The normalized spacial score (nSPS) is 16.1. The zero-order chi connectivity index (χ0) is 24.6. The molecule has 33 heavy (non-hydrogen) atoms. The van der Waals surface area contributed by atoms with Crippen LogP contribution in [0.1, 0.15) is 68.5 Å². The van der Waals surface area contributed by atoms with Crippen molar-refractivity contribution in [2.24, 2.45) is 10.2 Å². The van der Waals surface area contributed by atoms with Crippen LogP contribution in [0.2, 0.25) is 0 Å². The van der Waals surface area contributed by atoms with Gasteiger partial charge in [-0.25, -0.2) is 14.0 Å². The molecule has 13 heteroatoms. The molecule has 1 unspecified atom stereocenters. The second-order valence-electron chi connectivity index (χ2n) is 8.49. The molecular weight excluding hydrogens is 476 g/mol. The number of anilines is 1. The lowest BCUT2D eigenvalue weighted by molar-refractivity contribution is -0.0499. The van der Waals surface area contributed by atoms with Gasteiger partial charge in [-0.1, -0.05) is 13.8 Å². The van der Waals surface area contributed by atoms with E-state index in [1.54, 1.807) is 0 Å². The van der Waals surface area contributed by atoms with Gasteiger partial charge in [0, 0.05) is 5.69 Å². The summed E-state index contributed by atoms with van der Waals surface area (Å²) in [4.78, 5) is 18.9. The highest BCUT2D eigenvalue weighted by Crippen LogP contribution is 2.47. The van der Waals surface area contributed by atoms with Gasteiger partial charge in [-0.2, -0.15) is 13.6 Å². The average molecular weight is 504 g/mol. The number of rotatable bonds is 8. The predicted molar refractivity (Wildman–Crippen MR) is 122 cm³/mol. The van der Waals surface area contributed by atoms with Crippen molar-refractivity contribution in [2.45, 2.75) is 68.8 Å². The summed E-state index contributed by atoms with van der Waals surface area (Å²) in [5.74, 6) is 5.43. The van der Waals surface area contributed by atoms with Crippen LogP contribution in [-0.2, 0) is 15.5 Å². The van der Waals surface area contributed by atoms with Crippen molar-refractivity contribution in [2.75, 3.05) is 5.32 Å². The second kappa shape index (κ2) is 9.58. The Morgan fingerprint density at radius 2 is 2.06 bits per heavy atom. The standard InChI is InChI=1S/C20H27F2N5O4S2/c1-10(2)13-7-12(31-18(21)22)8-14(11-5-6-11)16(13)25-19(28)26-33(30,27-23)15-9-24-17(32-15)20(3,4)29/h7-11,18,29H,5-6,23H2,1-4H3,(H2,25,26,27,28,30). The Bertz CT molecular complexity index is 1130. The molecule has 5 N–H and O–H groups in total. The van der Waals surface area contributed by atoms with E-state index in [-0.39, 0.29) is 26.8 Å². The maximum atomic E-state index is 13.2. The van der Waals surface area contributed by atoms with Crippen molar-refractivity contribution in [3.63, 3.8) is 0 Å². The molecule has 182 valence electrons. The number of alkyl halides is 2. The van der Waals surface area contributed by atoms with E-state index < -0.39 is 28.2 Å². The highest BCUT2D eigenvalue weighted by atomic mass is 32.2. The first kappa shape index (κ1) is 25.4. The molecule has 1 aliphatic carbocycles. The van der Waals surface area contributed by atoms with Crippen molar-refractivity contribution < 1.29 is 27.6 Å². The van der Waals surface area contributed by atoms with Gasteiger partial charge in [-0.3, -0.25) is 5.84 Å². The van der Waals surface area contributed by atoms with E-state index in [0.29, 0.717) is 16.8 Å². The second-order valence-corrected chi connectivity index (χ2v) is 11.7. The summed E-state index contributed by atoms with van der Waals surface area (Å²) in [7, 11) is -3.58. The molecule has 9 nitrogen and oxygen atoms in total. The number of ether oxygens (including phenoxy) is 1. The number of nitrogens with one attached hydrogen (secondary N) is 2. The van der Waals surface area contributed by atoms with Crippen LogP contribution in [0, 0.1) is 0 Å². The van der Waals surface area contributed by atoms with Gasteiger partial charge in [-0.15, -0.1) is 15.7 Å². The van der Waals surface area contributed by atoms with Gasteiger partial charge in [0.15, 0.2) is 9.92 Å². The highest BCUT2D eigenvalue weighted by Gasteiger charge is 2.30. The number of aliphatic hydroxyl groups is 1. The first-order valence-electron chi connectivity index (χ1n) is 10.2. The Morgan fingerprint density at radius 3 is 2.55 bits per heavy atom. The minimum Gasteiger partial charge on any atom is -0.435 e. The summed E-state index contributed by atoms with van der Waals surface area (Å²) in [6, 6.07) is 2.01. The van der Waals surface area contributed by atoms with Crippen LogP contribution < -0.4 is 20.7 Å². The first-order valence-corrected chi connectivity index (χ1v) is 12.5. The summed E-state index contributed by atoms with van der Waals surface area (Å²) in [5.41, 5.74) is 0.416. The van der Waals surface area contributed by atoms with Gasteiger partial charge in [0.2, 0.25) is 0 Å². The Hall–Kier alpha value is -2.19. The number of hydrogen-bond donors (Lipinski definition) is 4. The summed E-state index contributed by atoms with van der Waals surface area (Å²) < 4.78 is 47.3.